The Morgan fingerprint density at radius 3 is 3.00 bits per heavy atom. The monoisotopic (exact) mass is 510 g/mol. The number of benzene rings is 1. The minimum absolute atomic E-state index is 0.160. The lowest BCUT2D eigenvalue weighted by Crippen LogP contribution is -2.37. The van der Waals surface area contributed by atoms with E-state index >= 15 is 0 Å². The number of thiophene rings is 1. The number of nitrogens with zero attached hydrogens (tertiary/aromatic N) is 4. The van der Waals surface area contributed by atoms with Crippen LogP contribution in [0.25, 0.3) is 21.1 Å². The van der Waals surface area contributed by atoms with Gasteiger partial charge in [0.05, 0.1) is 36.0 Å². The molecular weight excluding hydrogens is 480 g/mol. The minimum Gasteiger partial charge on any atom is -0.492 e. The molecule has 1 unspecified atom stereocenters. The highest BCUT2D eigenvalue weighted by molar-refractivity contribution is 7.19. The fourth-order valence-corrected chi connectivity index (χ4v) is 5.80. The number of aryl methyl sites for hydroxylation is 1. The first-order valence-corrected chi connectivity index (χ1v) is 13.0. The van der Waals surface area contributed by atoms with E-state index in [1.54, 1.807) is 35.9 Å². The number of hydrogen-bond donors (Lipinski definition) is 2. The molecule has 11 heteroatoms. The number of carbonyl (C=O) groups is 1. The predicted octanol–water partition coefficient (Wildman–Crippen LogP) is 4.67. The van der Waals surface area contributed by atoms with Crippen LogP contribution in [0.4, 0.5) is 16.3 Å². The van der Waals surface area contributed by atoms with Gasteiger partial charge in [-0.15, -0.1) is 11.3 Å². The summed E-state index contributed by atoms with van der Waals surface area (Å²) in [5, 5.41) is 12.6. The molecule has 0 bridgehead atoms. The van der Waals surface area contributed by atoms with Gasteiger partial charge in [-0.25, -0.2) is 14.8 Å². The summed E-state index contributed by atoms with van der Waals surface area (Å²) in [6, 6.07) is 3.95. The van der Waals surface area contributed by atoms with Gasteiger partial charge in [0.2, 0.25) is 0 Å². The number of ether oxygens (including phenoxy) is 3. The summed E-state index contributed by atoms with van der Waals surface area (Å²) >= 11 is 1.64. The van der Waals surface area contributed by atoms with E-state index in [0.717, 1.165) is 51.2 Å². The first-order chi connectivity index (χ1) is 17.6. The van der Waals surface area contributed by atoms with Gasteiger partial charge in [-0.1, -0.05) is 0 Å². The maximum absolute atomic E-state index is 12.6. The fraction of sp³-hybridized carbons (Fsp3) is 0.440. The van der Waals surface area contributed by atoms with Gasteiger partial charge >= 0.3 is 6.09 Å². The zero-order valence-electron chi connectivity index (χ0n) is 20.7. The van der Waals surface area contributed by atoms with Gasteiger partial charge in [-0.2, -0.15) is 5.10 Å². The first kappa shape index (κ1) is 24.3. The molecule has 0 saturated carbocycles. The number of aromatic amines is 1. The van der Waals surface area contributed by atoms with E-state index in [2.05, 4.69) is 25.5 Å². The summed E-state index contributed by atoms with van der Waals surface area (Å²) in [6.45, 7) is 6.03. The SMILES string of the molecule is CCOc1cc2[nH]ncc2cc1Nc1ncnc2sc3c(c12)CCC(OC(=O)N(CC)CCOC)C3. The van der Waals surface area contributed by atoms with Crippen LogP contribution in [0.2, 0.25) is 0 Å². The smallest absolute Gasteiger partial charge is 0.410 e. The van der Waals surface area contributed by atoms with Crippen molar-refractivity contribution in [1.82, 2.24) is 25.1 Å². The largest absolute Gasteiger partial charge is 0.492 e. The van der Waals surface area contributed by atoms with Crippen molar-refractivity contribution in [2.45, 2.75) is 39.2 Å². The lowest BCUT2D eigenvalue weighted by molar-refractivity contribution is 0.0510. The van der Waals surface area contributed by atoms with Gasteiger partial charge in [-0.3, -0.25) is 5.10 Å². The van der Waals surface area contributed by atoms with E-state index in [1.165, 1.54) is 10.4 Å². The summed E-state index contributed by atoms with van der Waals surface area (Å²) in [4.78, 5) is 25.6. The molecule has 190 valence electrons. The number of carbonyl (C=O) groups excluding carboxylic acids is 1. The van der Waals surface area contributed by atoms with Crippen LogP contribution in [0.1, 0.15) is 30.7 Å². The molecular formula is C25H30N6O4S. The number of likely N-dealkylation sites (N-methyl/N-ethyl adjacent to an activating group) is 1. The highest BCUT2D eigenvalue weighted by Crippen LogP contribution is 2.41. The Balaban J connectivity index is 1.39. The van der Waals surface area contributed by atoms with E-state index in [1.807, 2.05) is 26.0 Å². The van der Waals surface area contributed by atoms with Gasteiger partial charge in [0, 0.05) is 42.9 Å². The van der Waals surface area contributed by atoms with Crippen LogP contribution in [-0.2, 0) is 22.3 Å². The molecule has 1 aliphatic rings. The van der Waals surface area contributed by atoms with Gasteiger partial charge in [0.15, 0.2) is 0 Å². The molecule has 1 amide bonds. The number of methoxy groups -OCH3 is 1. The van der Waals surface area contributed by atoms with Crippen molar-refractivity contribution in [3.8, 4) is 5.75 Å². The third-order valence-corrected chi connectivity index (χ3v) is 7.53. The average molecular weight is 511 g/mol. The van der Waals surface area contributed by atoms with Crippen LogP contribution in [0.15, 0.2) is 24.7 Å². The normalized spacial score (nSPS) is 15.1. The van der Waals surface area contributed by atoms with Crippen molar-refractivity contribution < 1.29 is 19.0 Å². The first-order valence-electron chi connectivity index (χ1n) is 12.2. The molecule has 1 atom stereocenters. The zero-order chi connectivity index (χ0) is 25.1. The lowest BCUT2D eigenvalue weighted by Gasteiger charge is -2.26. The van der Waals surface area contributed by atoms with Crippen molar-refractivity contribution in [2.75, 3.05) is 38.7 Å². The maximum atomic E-state index is 12.6. The molecule has 36 heavy (non-hydrogen) atoms. The van der Waals surface area contributed by atoms with Crippen LogP contribution in [-0.4, -0.2) is 70.7 Å². The Bertz CT molecular complexity index is 1370. The van der Waals surface area contributed by atoms with Crippen molar-refractivity contribution >= 4 is 50.1 Å². The fourth-order valence-electron chi connectivity index (χ4n) is 4.54. The van der Waals surface area contributed by atoms with E-state index in [4.69, 9.17) is 14.2 Å². The number of rotatable bonds is 9. The molecule has 4 aromatic rings. The second kappa shape index (κ2) is 10.7. The molecule has 5 rings (SSSR count). The number of hydrogen-bond acceptors (Lipinski definition) is 9. The number of nitrogens with one attached hydrogen (secondary N) is 2. The molecule has 3 aromatic heterocycles. The summed E-state index contributed by atoms with van der Waals surface area (Å²) < 4.78 is 16.8. The second-order valence-electron chi connectivity index (χ2n) is 8.59. The summed E-state index contributed by atoms with van der Waals surface area (Å²) in [7, 11) is 1.63. The van der Waals surface area contributed by atoms with E-state index in [9.17, 15) is 4.79 Å². The zero-order valence-corrected chi connectivity index (χ0v) is 21.5. The van der Waals surface area contributed by atoms with Gasteiger partial charge < -0.3 is 24.4 Å². The van der Waals surface area contributed by atoms with Gasteiger partial charge in [0.25, 0.3) is 0 Å². The van der Waals surface area contributed by atoms with E-state index in [0.29, 0.717) is 32.7 Å². The number of anilines is 2. The number of aromatic nitrogens is 4. The van der Waals surface area contributed by atoms with Crippen LogP contribution < -0.4 is 10.1 Å². The number of H-pyrrole nitrogens is 1. The summed E-state index contributed by atoms with van der Waals surface area (Å²) in [5.41, 5.74) is 2.96. The lowest BCUT2D eigenvalue weighted by atomic mass is 9.94. The van der Waals surface area contributed by atoms with Crippen LogP contribution in [0.3, 0.4) is 0 Å². The minimum atomic E-state index is -0.288. The van der Waals surface area contributed by atoms with Crippen molar-refractivity contribution in [1.29, 1.82) is 0 Å². The van der Waals surface area contributed by atoms with Crippen molar-refractivity contribution in [3.63, 3.8) is 0 Å². The van der Waals surface area contributed by atoms with Gasteiger partial charge in [-0.05, 0) is 38.3 Å². The Hall–Kier alpha value is -3.44. The molecule has 1 aliphatic carbocycles. The molecule has 0 radical (unpaired) electrons. The van der Waals surface area contributed by atoms with E-state index < -0.39 is 0 Å². The molecule has 0 spiro atoms. The molecule has 10 nitrogen and oxygen atoms in total. The Morgan fingerprint density at radius 1 is 1.31 bits per heavy atom. The van der Waals surface area contributed by atoms with Crippen molar-refractivity contribution in [2.24, 2.45) is 0 Å². The van der Waals surface area contributed by atoms with Crippen LogP contribution >= 0.6 is 11.3 Å². The third-order valence-electron chi connectivity index (χ3n) is 6.37. The standard InChI is InChI=1S/C25H30N6O4S/c1-4-31(8-9-33-3)25(32)35-16-6-7-17-21(11-16)36-24-22(17)23(26-14-27-24)29-19-10-15-13-28-30-18(15)12-20(19)34-5-2/h10,12-14,16H,4-9,11H2,1-3H3,(H,28,30)(H,26,27,29). The summed E-state index contributed by atoms with van der Waals surface area (Å²) in [5.74, 6) is 1.47. The topological polar surface area (TPSA) is 114 Å². The molecule has 0 fully saturated rings. The second-order valence-corrected chi connectivity index (χ2v) is 9.67. The predicted molar refractivity (Wildman–Crippen MR) is 139 cm³/mol. The van der Waals surface area contributed by atoms with Crippen LogP contribution in [0, 0.1) is 0 Å². The highest BCUT2D eigenvalue weighted by atomic mass is 32.1. The molecule has 0 aliphatic heterocycles. The third kappa shape index (κ3) is 4.80. The average Bonchev–Trinajstić information content (AvgIpc) is 3.48. The molecule has 0 saturated heterocycles. The molecule has 2 N–H and O–H groups in total. The number of amides is 1. The Morgan fingerprint density at radius 2 is 2.19 bits per heavy atom. The Kier molecular flexibility index (Phi) is 7.19. The Labute approximate surface area is 213 Å². The highest BCUT2D eigenvalue weighted by Gasteiger charge is 2.28. The maximum Gasteiger partial charge on any atom is 0.410 e. The van der Waals surface area contributed by atoms with Crippen molar-refractivity contribution in [3.05, 3.63) is 35.1 Å². The quantitative estimate of drug-likeness (QED) is 0.334. The molecule has 1 aromatic carbocycles. The van der Waals surface area contributed by atoms with Gasteiger partial charge in [0.1, 0.15) is 28.8 Å². The van der Waals surface area contributed by atoms with Crippen LogP contribution in [0.5, 0.6) is 5.75 Å². The summed E-state index contributed by atoms with van der Waals surface area (Å²) in [6.07, 6.45) is 5.14. The number of fused-ring (bicyclic) bond motifs is 4. The van der Waals surface area contributed by atoms with E-state index in [-0.39, 0.29) is 12.2 Å². The molecule has 3 heterocycles.